The van der Waals surface area contributed by atoms with E-state index in [1.807, 2.05) is 108 Å². The zero-order valence-corrected chi connectivity index (χ0v) is 37.0. The summed E-state index contributed by atoms with van der Waals surface area (Å²) in [5, 5.41) is 14.8. The highest BCUT2D eigenvalue weighted by Gasteiger charge is 2.22. The van der Waals surface area contributed by atoms with Crippen LogP contribution in [0.4, 0.5) is 23.0 Å². The van der Waals surface area contributed by atoms with Crippen LogP contribution in [0.5, 0.6) is 17.2 Å². The SMILES string of the molecule is Brc1ccc2ncc(N3CCOCC3)nc2c1.C.CC(C)(C)C(=O)Nc1cccc(O)c1.CC(C)(C)C(=O)Nc1cccc(Oc2ccc3ncc(N4CCOCC4)nc3c2)c1. The van der Waals surface area contributed by atoms with E-state index >= 15 is 0 Å². The van der Waals surface area contributed by atoms with Crippen LogP contribution < -0.4 is 25.2 Å². The van der Waals surface area contributed by atoms with Gasteiger partial charge in [-0.2, -0.15) is 0 Å². The number of anilines is 4. The fourth-order valence-electron chi connectivity index (χ4n) is 5.90. The predicted octanol–water partition coefficient (Wildman–Crippen LogP) is 9.49. The van der Waals surface area contributed by atoms with Gasteiger partial charge in [0, 0.05) is 71.1 Å². The molecule has 6 aromatic rings. The molecular weight excluding hydrogens is 852 g/mol. The Balaban J connectivity index is 0.000000192. The average Bonchev–Trinajstić information content (AvgIpc) is 3.24. The van der Waals surface area contributed by atoms with Crippen LogP contribution in [-0.4, -0.2) is 89.5 Å². The third-order valence-electron chi connectivity index (χ3n) is 9.46. The number of phenolic OH excluding ortho intramolecular Hbond substituents is 1. The third-order valence-corrected chi connectivity index (χ3v) is 9.95. The zero-order valence-electron chi connectivity index (χ0n) is 35.4. The molecule has 3 N–H and O–H groups in total. The highest BCUT2D eigenvalue weighted by atomic mass is 79.9. The predicted molar refractivity (Wildman–Crippen MR) is 250 cm³/mol. The molecule has 62 heavy (non-hydrogen) atoms. The molecule has 14 nitrogen and oxygen atoms in total. The average molecular weight is 910 g/mol. The molecule has 0 saturated carbocycles. The summed E-state index contributed by atoms with van der Waals surface area (Å²) in [4.78, 5) is 46.5. The van der Waals surface area contributed by atoms with Crippen molar-refractivity contribution in [2.45, 2.75) is 49.0 Å². The van der Waals surface area contributed by atoms with E-state index in [0.717, 1.165) is 77.6 Å². The number of aromatic nitrogens is 4. The highest BCUT2D eigenvalue weighted by Crippen LogP contribution is 2.28. The van der Waals surface area contributed by atoms with E-state index in [9.17, 15) is 14.7 Å². The number of hydrogen-bond donors (Lipinski definition) is 3. The monoisotopic (exact) mass is 908 g/mol. The molecule has 0 aliphatic carbocycles. The number of morpholine rings is 2. The van der Waals surface area contributed by atoms with Crippen molar-refractivity contribution in [1.82, 2.24) is 19.9 Å². The minimum atomic E-state index is -0.466. The molecular formula is C47H57BrN8O6. The maximum absolute atomic E-state index is 12.2. The molecule has 2 aliphatic rings. The van der Waals surface area contributed by atoms with Crippen molar-refractivity contribution in [2.24, 2.45) is 10.8 Å². The van der Waals surface area contributed by atoms with E-state index in [1.165, 1.54) is 6.07 Å². The van der Waals surface area contributed by atoms with Gasteiger partial charge in [0.05, 0.1) is 60.9 Å². The second kappa shape index (κ2) is 21.3. The molecule has 0 radical (unpaired) electrons. The van der Waals surface area contributed by atoms with Crippen LogP contribution >= 0.6 is 15.9 Å². The minimum Gasteiger partial charge on any atom is -0.508 e. The molecule has 328 valence electrons. The molecule has 2 aromatic heterocycles. The lowest BCUT2D eigenvalue weighted by molar-refractivity contribution is -0.123. The van der Waals surface area contributed by atoms with Crippen molar-refractivity contribution in [1.29, 1.82) is 0 Å². The maximum atomic E-state index is 12.2. The molecule has 2 aliphatic heterocycles. The number of amides is 2. The topological polar surface area (TPSA) is 164 Å². The van der Waals surface area contributed by atoms with Crippen molar-refractivity contribution in [3.05, 3.63) is 102 Å². The summed E-state index contributed by atoms with van der Waals surface area (Å²) in [6.07, 6.45) is 3.64. The first-order valence-electron chi connectivity index (χ1n) is 20.2. The van der Waals surface area contributed by atoms with Gasteiger partial charge in [0.1, 0.15) is 28.9 Å². The quantitative estimate of drug-likeness (QED) is 0.145. The number of nitrogens with zero attached hydrogens (tertiary/aromatic N) is 6. The molecule has 0 spiro atoms. The Labute approximate surface area is 372 Å². The summed E-state index contributed by atoms with van der Waals surface area (Å²) < 4.78 is 17.8. The van der Waals surface area contributed by atoms with Gasteiger partial charge in [-0.15, -0.1) is 0 Å². The fourth-order valence-corrected chi connectivity index (χ4v) is 6.25. The van der Waals surface area contributed by atoms with Crippen LogP contribution in [0.25, 0.3) is 22.1 Å². The number of aromatic hydroxyl groups is 1. The van der Waals surface area contributed by atoms with Crippen LogP contribution in [0.1, 0.15) is 49.0 Å². The van der Waals surface area contributed by atoms with Crippen LogP contribution in [0.3, 0.4) is 0 Å². The normalized spacial score (nSPS) is 14.0. The smallest absolute Gasteiger partial charge is 0.229 e. The van der Waals surface area contributed by atoms with Crippen LogP contribution in [0.2, 0.25) is 0 Å². The van der Waals surface area contributed by atoms with Gasteiger partial charge in [-0.25, -0.2) is 9.97 Å². The molecule has 8 rings (SSSR count). The van der Waals surface area contributed by atoms with Gasteiger partial charge < -0.3 is 39.8 Å². The first-order chi connectivity index (χ1) is 29.1. The van der Waals surface area contributed by atoms with E-state index < -0.39 is 10.8 Å². The number of carbonyl (C=O) groups excluding carboxylic acids is 2. The lowest BCUT2D eigenvalue weighted by atomic mass is 9.95. The van der Waals surface area contributed by atoms with Gasteiger partial charge in [0.25, 0.3) is 0 Å². The van der Waals surface area contributed by atoms with Gasteiger partial charge >= 0.3 is 0 Å². The molecule has 0 unspecified atom stereocenters. The first-order valence-corrected chi connectivity index (χ1v) is 20.9. The van der Waals surface area contributed by atoms with E-state index in [4.69, 9.17) is 19.2 Å². The number of rotatable bonds is 6. The molecule has 4 aromatic carbocycles. The largest absolute Gasteiger partial charge is 0.508 e. The summed E-state index contributed by atoms with van der Waals surface area (Å²) in [6, 6.07) is 25.4. The maximum Gasteiger partial charge on any atom is 0.229 e. The molecule has 0 bridgehead atoms. The summed E-state index contributed by atoms with van der Waals surface area (Å²) in [5.74, 6) is 3.11. The van der Waals surface area contributed by atoms with E-state index in [-0.39, 0.29) is 25.0 Å². The number of ether oxygens (including phenoxy) is 3. The van der Waals surface area contributed by atoms with Gasteiger partial charge in [0.2, 0.25) is 11.8 Å². The fraction of sp³-hybridized carbons (Fsp3) is 0.362. The Bertz CT molecular complexity index is 2440. The Kier molecular flexibility index (Phi) is 16.2. The van der Waals surface area contributed by atoms with Crippen LogP contribution in [-0.2, 0) is 19.1 Å². The van der Waals surface area contributed by atoms with Crippen molar-refractivity contribution in [3.63, 3.8) is 0 Å². The lowest BCUT2D eigenvalue weighted by Crippen LogP contribution is -2.36. The summed E-state index contributed by atoms with van der Waals surface area (Å²) in [7, 11) is 0. The van der Waals surface area contributed by atoms with Gasteiger partial charge in [-0.05, 0) is 54.6 Å². The number of carbonyl (C=O) groups is 2. The number of nitrogens with one attached hydrogen (secondary N) is 2. The van der Waals surface area contributed by atoms with E-state index in [0.29, 0.717) is 36.1 Å². The molecule has 15 heteroatoms. The van der Waals surface area contributed by atoms with Crippen LogP contribution in [0, 0.1) is 10.8 Å². The molecule has 4 heterocycles. The number of fused-ring (bicyclic) bond motifs is 2. The molecule has 0 atom stereocenters. The second-order valence-corrected chi connectivity index (χ2v) is 17.4. The molecule has 2 amide bonds. The Morgan fingerprint density at radius 2 is 1.10 bits per heavy atom. The second-order valence-electron chi connectivity index (χ2n) is 16.5. The highest BCUT2D eigenvalue weighted by molar-refractivity contribution is 9.10. The number of benzene rings is 4. The molecule has 2 saturated heterocycles. The number of halogens is 1. The summed E-state index contributed by atoms with van der Waals surface area (Å²) >= 11 is 3.45. The van der Waals surface area contributed by atoms with E-state index in [1.54, 1.807) is 24.4 Å². The zero-order chi connectivity index (χ0) is 43.6. The van der Waals surface area contributed by atoms with Gasteiger partial charge in [0.15, 0.2) is 0 Å². The van der Waals surface area contributed by atoms with Gasteiger partial charge in [-0.1, -0.05) is 77.0 Å². The van der Waals surface area contributed by atoms with Crippen molar-refractivity contribution >= 4 is 72.8 Å². The Hall–Kier alpha value is -5.90. The summed E-state index contributed by atoms with van der Waals surface area (Å²) in [5.41, 5.74) is 3.85. The van der Waals surface area contributed by atoms with Crippen molar-refractivity contribution in [2.75, 3.05) is 73.0 Å². The van der Waals surface area contributed by atoms with Gasteiger partial charge in [-0.3, -0.25) is 19.6 Å². The number of phenols is 1. The lowest BCUT2D eigenvalue weighted by Gasteiger charge is -2.27. The number of hydrogen-bond acceptors (Lipinski definition) is 12. The van der Waals surface area contributed by atoms with Crippen LogP contribution in [0.15, 0.2) is 102 Å². The molecule has 2 fully saturated rings. The third kappa shape index (κ3) is 13.6. The van der Waals surface area contributed by atoms with Crippen molar-refractivity contribution < 1.29 is 28.9 Å². The Morgan fingerprint density at radius 1 is 0.629 bits per heavy atom. The first kappa shape index (κ1) is 47.2. The standard InChI is InChI=1S/C23H26N4O3.C12H12BrN3O.C11H15NO2.CH4/c1-23(2,3)22(28)25-16-5-4-6-17(13-16)30-18-7-8-19-20(14-18)26-21(15-24-19)27-9-11-29-12-10-27;13-9-1-2-10-11(7-9)15-12(8-14-10)16-3-5-17-6-4-16;1-11(2,3)10(14)12-8-5-4-6-9(13)7-8;/h4-8,13-15H,9-12H2,1-3H3,(H,25,28);1-2,7-8H,3-6H2;4-7,13H,1-3H3,(H,12,14);1H4. The summed E-state index contributed by atoms with van der Waals surface area (Å²) in [6.45, 7) is 17.5. The minimum absolute atomic E-state index is 0. The van der Waals surface area contributed by atoms with E-state index in [2.05, 4.69) is 51.3 Å². The Morgan fingerprint density at radius 3 is 1.61 bits per heavy atom. The van der Waals surface area contributed by atoms with Crippen molar-refractivity contribution in [3.8, 4) is 17.2 Å².